The third-order valence-corrected chi connectivity index (χ3v) is 5.66. The van der Waals surface area contributed by atoms with Gasteiger partial charge in [-0.25, -0.2) is 0 Å². The van der Waals surface area contributed by atoms with E-state index in [2.05, 4.69) is 34.9 Å². The van der Waals surface area contributed by atoms with Crippen LogP contribution in [-0.4, -0.2) is 79.7 Å². The third kappa shape index (κ3) is 5.95. The fourth-order valence-electron chi connectivity index (χ4n) is 3.87. The number of likely N-dealkylation sites (tertiary alicyclic amines) is 1. The van der Waals surface area contributed by atoms with Gasteiger partial charge in [0.05, 0.1) is 13.2 Å². The number of aliphatic hydroxyl groups is 1. The lowest BCUT2D eigenvalue weighted by Gasteiger charge is -2.40. The van der Waals surface area contributed by atoms with E-state index in [0.29, 0.717) is 13.2 Å². The number of aliphatic hydroxyl groups excluding tert-OH is 1. The molecule has 30 heavy (non-hydrogen) atoms. The predicted octanol–water partition coefficient (Wildman–Crippen LogP) is 2.33. The summed E-state index contributed by atoms with van der Waals surface area (Å²) in [6.07, 6.45) is -0.323. The second-order valence-corrected chi connectivity index (χ2v) is 8.22. The monoisotopic (exact) mass is 412 g/mol. The van der Waals surface area contributed by atoms with Crippen molar-refractivity contribution in [3.63, 3.8) is 0 Å². The van der Waals surface area contributed by atoms with Crippen LogP contribution in [0.3, 0.4) is 0 Å². The number of morpholine rings is 1. The molecule has 2 aliphatic heterocycles. The van der Waals surface area contributed by atoms with E-state index >= 15 is 0 Å². The van der Waals surface area contributed by atoms with Crippen molar-refractivity contribution in [2.24, 2.45) is 0 Å². The molecule has 2 aromatic rings. The molecule has 2 saturated heterocycles. The van der Waals surface area contributed by atoms with Crippen LogP contribution in [0, 0.1) is 6.92 Å². The largest absolute Gasteiger partial charge is 0.491 e. The molecule has 0 aliphatic carbocycles. The molecule has 2 aliphatic rings. The molecule has 2 fully saturated rings. The van der Waals surface area contributed by atoms with Crippen molar-refractivity contribution in [3.05, 3.63) is 59.7 Å². The highest BCUT2D eigenvalue weighted by Gasteiger charge is 2.30. The quantitative estimate of drug-likeness (QED) is 0.682. The van der Waals surface area contributed by atoms with Crippen molar-refractivity contribution >= 4 is 0 Å². The van der Waals surface area contributed by atoms with Gasteiger partial charge in [-0.05, 0) is 36.2 Å². The highest BCUT2D eigenvalue weighted by molar-refractivity contribution is 5.32. The summed E-state index contributed by atoms with van der Waals surface area (Å²) in [4.78, 5) is 4.59. The number of hydrogen-bond acceptors (Lipinski definition) is 6. The minimum absolute atomic E-state index is 0.193. The number of aryl methyl sites for hydroxylation is 1. The maximum absolute atomic E-state index is 10.3. The van der Waals surface area contributed by atoms with Crippen molar-refractivity contribution in [3.8, 4) is 11.5 Å². The Bertz CT molecular complexity index is 786. The van der Waals surface area contributed by atoms with Gasteiger partial charge in [-0.2, -0.15) is 0 Å². The van der Waals surface area contributed by atoms with Gasteiger partial charge < -0.3 is 19.3 Å². The SMILES string of the molecule is Cc1ccccc1OC1CN(CC(O)COc2ccc(CN3CCOCC3)cc2)C1. The lowest BCUT2D eigenvalue weighted by molar-refractivity contribution is -0.0176. The Morgan fingerprint density at radius 1 is 1.03 bits per heavy atom. The molecule has 1 N–H and O–H groups in total. The van der Waals surface area contributed by atoms with E-state index in [1.54, 1.807) is 0 Å². The van der Waals surface area contributed by atoms with Crippen molar-refractivity contribution in [2.45, 2.75) is 25.7 Å². The standard InChI is InChI=1S/C24H32N2O4/c1-19-4-2-3-5-24(19)30-23-16-26(17-23)15-21(27)18-29-22-8-6-20(7-9-22)14-25-10-12-28-13-11-25/h2-9,21,23,27H,10-18H2,1H3. The highest BCUT2D eigenvalue weighted by atomic mass is 16.5. The fraction of sp³-hybridized carbons (Fsp3) is 0.500. The van der Waals surface area contributed by atoms with Crippen LogP contribution in [0.4, 0.5) is 0 Å². The Balaban J connectivity index is 1.13. The van der Waals surface area contributed by atoms with E-state index in [0.717, 1.165) is 63.0 Å². The second kappa shape index (κ2) is 10.3. The van der Waals surface area contributed by atoms with Crippen LogP contribution in [0.15, 0.2) is 48.5 Å². The summed E-state index contributed by atoms with van der Waals surface area (Å²) in [5.41, 5.74) is 2.42. The molecule has 2 aromatic carbocycles. The maximum Gasteiger partial charge on any atom is 0.124 e. The zero-order chi connectivity index (χ0) is 20.8. The number of ether oxygens (including phenoxy) is 3. The molecular formula is C24H32N2O4. The number of nitrogens with zero attached hydrogens (tertiary/aromatic N) is 2. The molecule has 6 heteroatoms. The zero-order valence-corrected chi connectivity index (χ0v) is 17.7. The van der Waals surface area contributed by atoms with Crippen molar-refractivity contribution < 1.29 is 19.3 Å². The molecule has 162 valence electrons. The summed E-state index contributed by atoms with van der Waals surface area (Å²) >= 11 is 0. The molecule has 0 spiro atoms. The molecule has 0 aromatic heterocycles. The Hall–Kier alpha value is -2.12. The molecule has 4 rings (SSSR count). The maximum atomic E-state index is 10.3. The first-order valence-corrected chi connectivity index (χ1v) is 10.8. The van der Waals surface area contributed by atoms with Crippen molar-refractivity contribution in [2.75, 3.05) is 52.5 Å². The first-order valence-electron chi connectivity index (χ1n) is 10.8. The van der Waals surface area contributed by atoms with E-state index < -0.39 is 6.10 Å². The van der Waals surface area contributed by atoms with E-state index in [1.165, 1.54) is 5.56 Å². The highest BCUT2D eigenvalue weighted by Crippen LogP contribution is 2.22. The normalized spacial score (nSPS) is 19.3. The predicted molar refractivity (Wildman–Crippen MR) is 116 cm³/mol. The van der Waals surface area contributed by atoms with Gasteiger partial charge in [0.25, 0.3) is 0 Å². The first-order chi connectivity index (χ1) is 14.7. The van der Waals surface area contributed by atoms with Gasteiger partial charge in [0.2, 0.25) is 0 Å². The fourth-order valence-corrected chi connectivity index (χ4v) is 3.87. The summed E-state index contributed by atoms with van der Waals surface area (Å²) in [6.45, 7) is 9.16. The van der Waals surface area contributed by atoms with Gasteiger partial charge in [-0.15, -0.1) is 0 Å². The van der Waals surface area contributed by atoms with Gasteiger partial charge in [0, 0.05) is 39.3 Å². The minimum Gasteiger partial charge on any atom is -0.491 e. The van der Waals surface area contributed by atoms with Gasteiger partial charge in [0.1, 0.15) is 30.3 Å². The Labute approximate surface area is 179 Å². The minimum atomic E-state index is -0.516. The number of hydrogen-bond donors (Lipinski definition) is 1. The van der Waals surface area contributed by atoms with Crippen LogP contribution in [0.2, 0.25) is 0 Å². The molecule has 0 amide bonds. The number of rotatable bonds is 9. The molecular weight excluding hydrogens is 380 g/mol. The summed E-state index contributed by atoms with van der Waals surface area (Å²) < 4.78 is 17.2. The van der Waals surface area contributed by atoms with Crippen LogP contribution in [-0.2, 0) is 11.3 Å². The summed E-state index contributed by atoms with van der Waals surface area (Å²) in [5.74, 6) is 1.74. The smallest absolute Gasteiger partial charge is 0.124 e. The summed E-state index contributed by atoms with van der Waals surface area (Å²) in [5, 5.41) is 10.3. The Morgan fingerprint density at radius 3 is 2.50 bits per heavy atom. The molecule has 0 bridgehead atoms. The Morgan fingerprint density at radius 2 is 1.77 bits per heavy atom. The molecule has 1 atom stereocenters. The van der Waals surface area contributed by atoms with Crippen LogP contribution in [0.25, 0.3) is 0 Å². The van der Waals surface area contributed by atoms with Crippen LogP contribution in [0.1, 0.15) is 11.1 Å². The molecule has 1 unspecified atom stereocenters. The van der Waals surface area contributed by atoms with Crippen LogP contribution < -0.4 is 9.47 Å². The number of para-hydroxylation sites is 1. The van der Waals surface area contributed by atoms with Gasteiger partial charge in [0.15, 0.2) is 0 Å². The number of benzene rings is 2. The average Bonchev–Trinajstić information content (AvgIpc) is 2.74. The molecule has 0 radical (unpaired) electrons. The van der Waals surface area contributed by atoms with E-state index in [9.17, 15) is 5.11 Å². The lowest BCUT2D eigenvalue weighted by atomic mass is 10.1. The summed E-state index contributed by atoms with van der Waals surface area (Å²) in [7, 11) is 0. The van der Waals surface area contributed by atoms with Crippen molar-refractivity contribution in [1.82, 2.24) is 9.80 Å². The summed E-state index contributed by atoms with van der Waals surface area (Å²) in [6, 6.07) is 16.2. The Kier molecular flexibility index (Phi) is 7.23. The first kappa shape index (κ1) is 21.1. The van der Waals surface area contributed by atoms with Crippen LogP contribution in [0.5, 0.6) is 11.5 Å². The molecule has 2 heterocycles. The van der Waals surface area contributed by atoms with E-state index in [-0.39, 0.29) is 6.10 Å². The topological polar surface area (TPSA) is 54.4 Å². The van der Waals surface area contributed by atoms with Crippen LogP contribution >= 0.6 is 0 Å². The second-order valence-electron chi connectivity index (χ2n) is 8.22. The third-order valence-electron chi connectivity index (χ3n) is 5.66. The molecule has 0 saturated carbocycles. The van der Waals surface area contributed by atoms with Gasteiger partial charge in [-0.1, -0.05) is 30.3 Å². The van der Waals surface area contributed by atoms with Gasteiger partial charge >= 0.3 is 0 Å². The average molecular weight is 413 g/mol. The van der Waals surface area contributed by atoms with E-state index in [1.807, 2.05) is 30.3 Å². The van der Waals surface area contributed by atoms with E-state index in [4.69, 9.17) is 14.2 Å². The lowest BCUT2D eigenvalue weighted by Crippen LogP contribution is -2.56. The van der Waals surface area contributed by atoms with Crippen molar-refractivity contribution in [1.29, 1.82) is 0 Å². The zero-order valence-electron chi connectivity index (χ0n) is 17.7. The van der Waals surface area contributed by atoms with Gasteiger partial charge in [-0.3, -0.25) is 9.80 Å². The number of β-amino-alcohol motifs (C(OH)–C–C–N with tert-alkyl or cyclic N) is 1. The molecule has 6 nitrogen and oxygen atoms in total.